The Labute approximate surface area is 205 Å². The molecule has 0 atom stereocenters. The van der Waals surface area contributed by atoms with E-state index in [4.69, 9.17) is 5.73 Å². The predicted octanol–water partition coefficient (Wildman–Crippen LogP) is 5.84. The molecule has 15 heteroatoms. The molecule has 1 aromatic heterocycles. The Bertz CT molecular complexity index is 1150. The minimum absolute atomic E-state index is 0.0229. The SMILES string of the molecule is CN(C)c1nc(NC2CCC(c3c(C(N)=O)cc(C(F)(F)F)cc3C(F)(F)F)CC2)ncc1C(F)(F)F. The van der Waals surface area contributed by atoms with Gasteiger partial charge in [0.15, 0.2) is 0 Å². The van der Waals surface area contributed by atoms with Crippen molar-refractivity contribution in [2.75, 3.05) is 24.3 Å². The zero-order chi connectivity index (χ0) is 27.9. The van der Waals surface area contributed by atoms with Crippen molar-refractivity contribution in [3.8, 4) is 0 Å². The van der Waals surface area contributed by atoms with Crippen molar-refractivity contribution < 1.29 is 44.3 Å². The van der Waals surface area contributed by atoms with E-state index in [9.17, 15) is 44.3 Å². The lowest BCUT2D eigenvalue weighted by Gasteiger charge is -2.32. The van der Waals surface area contributed by atoms with Crippen LogP contribution in [0, 0.1) is 0 Å². The highest BCUT2D eigenvalue weighted by atomic mass is 19.4. The number of halogens is 9. The van der Waals surface area contributed by atoms with E-state index in [0.29, 0.717) is 12.3 Å². The molecule has 1 aromatic carbocycles. The van der Waals surface area contributed by atoms with Gasteiger partial charge in [-0.15, -0.1) is 0 Å². The van der Waals surface area contributed by atoms with Crippen LogP contribution in [-0.2, 0) is 18.5 Å². The maximum Gasteiger partial charge on any atom is 0.421 e. The Kier molecular flexibility index (Phi) is 7.57. The van der Waals surface area contributed by atoms with Gasteiger partial charge in [0.2, 0.25) is 11.9 Å². The molecule has 6 nitrogen and oxygen atoms in total. The number of hydrogen-bond donors (Lipinski definition) is 2. The van der Waals surface area contributed by atoms with Crippen LogP contribution in [0.15, 0.2) is 18.3 Å². The summed E-state index contributed by atoms with van der Waals surface area (Å²) in [4.78, 5) is 20.6. The highest BCUT2D eigenvalue weighted by molar-refractivity contribution is 5.95. The average Bonchev–Trinajstić information content (AvgIpc) is 2.76. The number of rotatable bonds is 5. The molecule has 3 N–H and O–H groups in total. The van der Waals surface area contributed by atoms with Gasteiger partial charge in [0.05, 0.1) is 11.1 Å². The molecule has 1 saturated carbocycles. The summed E-state index contributed by atoms with van der Waals surface area (Å²) in [5, 5.41) is 2.86. The van der Waals surface area contributed by atoms with E-state index < -0.39 is 64.2 Å². The largest absolute Gasteiger partial charge is 0.421 e. The molecule has 0 bridgehead atoms. The van der Waals surface area contributed by atoms with Crippen LogP contribution in [0.4, 0.5) is 51.3 Å². The smallest absolute Gasteiger partial charge is 0.366 e. The number of nitrogens with zero attached hydrogens (tertiary/aromatic N) is 3. The molecule has 1 aliphatic carbocycles. The summed E-state index contributed by atoms with van der Waals surface area (Å²) < 4.78 is 120. The number of carbonyl (C=O) groups excluding carboxylic acids is 1. The fraction of sp³-hybridized carbons (Fsp3) is 0.500. The summed E-state index contributed by atoms with van der Waals surface area (Å²) >= 11 is 0. The van der Waals surface area contributed by atoms with Crippen molar-refractivity contribution in [3.05, 3.63) is 46.1 Å². The van der Waals surface area contributed by atoms with Crippen LogP contribution in [0.2, 0.25) is 0 Å². The molecule has 2 aromatic rings. The number of alkyl halides is 9. The third-order valence-corrected chi connectivity index (χ3v) is 6.04. The lowest BCUT2D eigenvalue weighted by Crippen LogP contribution is -2.29. The van der Waals surface area contributed by atoms with Gasteiger partial charge in [0, 0.05) is 31.9 Å². The maximum absolute atomic E-state index is 13.8. The van der Waals surface area contributed by atoms with Crippen LogP contribution in [0.5, 0.6) is 0 Å². The Balaban J connectivity index is 1.87. The fourth-order valence-electron chi connectivity index (χ4n) is 4.39. The van der Waals surface area contributed by atoms with Crippen molar-refractivity contribution >= 4 is 17.7 Å². The van der Waals surface area contributed by atoms with Gasteiger partial charge in [-0.2, -0.15) is 44.5 Å². The zero-order valence-electron chi connectivity index (χ0n) is 19.4. The Morgan fingerprint density at radius 1 is 0.919 bits per heavy atom. The van der Waals surface area contributed by atoms with Gasteiger partial charge in [0.25, 0.3) is 0 Å². The molecule has 0 unspecified atom stereocenters. The second kappa shape index (κ2) is 9.89. The quantitative estimate of drug-likeness (QED) is 0.464. The van der Waals surface area contributed by atoms with Gasteiger partial charge in [0.1, 0.15) is 11.4 Å². The first-order chi connectivity index (χ1) is 16.9. The van der Waals surface area contributed by atoms with E-state index in [0.717, 1.165) is 4.90 Å². The van der Waals surface area contributed by atoms with Gasteiger partial charge in [-0.3, -0.25) is 4.79 Å². The van der Waals surface area contributed by atoms with Gasteiger partial charge in [-0.1, -0.05) is 0 Å². The normalized spacial score (nSPS) is 19.0. The van der Waals surface area contributed by atoms with Crippen molar-refractivity contribution in [2.45, 2.75) is 56.2 Å². The zero-order valence-corrected chi connectivity index (χ0v) is 19.4. The maximum atomic E-state index is 13.8. The molecule has 1 fully saturated rings. The average molecular weight is 543 g/mol. The van der Waals surface area contributed by atoms with Crippen molar-refractivity contribution in [1.82, 2.24) is 9.97 Å². The highest BCUT2D eigenvalue weighted by Gasteiger charge is 2.42. The topological polar surface area (TPSA) is 84.1 Å². The first-order valence-electron chi connectivity index (χ1n) is 10.9. The van der Waals surface area contributed by atoms with Crippen molar-refractivity contribution in [1.29, 1.82) is 0 Å². The molecule has 0 radical (unpaired) electrons. The molecule has 1 amide bonds. The monoisotopic (exact) mass is 543 g/mol. The molecule has 0 aliphatic heterocycles. The van der Waals surface area contributed by atoms with Crippen LogP contribution in [-0.4, -0.2) is 36.0 Å². The number of primary amides is 1. The van der Waals surface area contributed by atoms with E-state index in [-0.39, 0.29) is 43.5 Å². The minimum Gasteiger partial charge on any atom is -0.366 e. The Hall–Kier alpha value is -3.26. The lowest BCUT2D eigenvalue weighted by molar-refractivity contribution is -0.143. The van der Waals surface area contributed by atoms with E-state index in [1.54, 1.807) is 0 Å². The molecule has 3 rings (SSSR count). The molecule has 1 heterocycles. The fourth-order valence-corrected chi connectivity index (χ4v) is 4.39. The number of nitrogens with two attached hydrogens (primary N) is 1. The molecule has 0 spiro atoms. The van der Waals surface area contributed by atoms with Crippen LogP contribution in [0.25, 0.3) is 0 Å². The van der Waals surface area contributed by atoms with Gasteiger partial charge < -0.3 is 16.0 Å². The number of benzene rings is 1. The number of anilines is 2. The molecular formula is C22H22F9N5O. The summed E-state index contributed by atoms with van der Waals surface area (Å²) in [5.41, 5.74) is -0.526. The summed E-state index contributed by atoms with van der Waals surface area (Å²) in [6, 6.07) is -0.134. The lowest BCUT2D eigenvalue weighted by atomic mass is 9.77. The standard InChI is InChI=1S/C22H22F9N5O/c1-36(2)18-15(22(29,30)31)9-33-19(35-18)34-12-5-3-10(4-6-12)16-13(17(32)37)7-11(20(23,24)25)8-14(16)21(26,27)28/h7-10,12H,3-6H2,1-2H3,(H2,32,37)(H,33,34,35). The van der Waals surface area contributed by atoms with E-state index in [1.807, 2.05) is 0 Å². The molecule has 37 heavy (non-hydrogen) atoms. The predicted molar refractivity (Wildman–Crippen MR) is 115 cm³/mol. The van der Waals surface area contributed by atoms with Crippen LogP contribution < -0.4 is 16.0 Å². The third kappa shape index (κ3) is 6.36. The van der Waals surface area contributed by atoms with Gasteiger partial charge in [-0.25, -0.2) is 4.98 Å². The van der Waals surface area contributed by atoms with Crippen LogP contribution >= 0.6 is 0 Å². The second-order valence-electron chi connectivity index (χ2n) is 8.86. The van der Waals surface area contributed by atoms with Gasteiger partial charge in [-0.05, 0) is 49.3 Å². The van der Waals surface area contributed by atoms with Gasteiger partial charge >= 0.3 is 18.5 Å². The number of amides is 1. The minimum atomic E-state index is -5.17. The first-order valence-corrected chi connectivity index (χ1v) is 10.9. The molecule has 1 aliphatic rings. The van der Waals surface area contributed by atoms with Crippen LogP contribution in [0.1, 0.15) is 64.2 Å². The van der Waals surface area contributed by atoms with Crippen molar-refractivity contribution in [2.24, 2.45) is 5.73 Å². The third-order valence-electron chi connectivity index (χ3n) is 6.04. The molecule has 204 valence electrons. The summed E-state index contributed by atoms with van der Waals surface area (Å²) in [5.74, 6) is -2.85. The summed E-state index contributed by atoms with van der Waals surface area (Å²) in [6.45, 7) is 0. The Morgan fingerprint density at radius 2 is 1.49 bits per heavy atom. The number of aromatic nitrogens is 2. The van der Waals surface area contributed by atoms with Crippen LogP contribution in [0.3, 0.4) is 0 Å². The van der Waals surface area contributed by atoms with E-state index >= 15 is 0 Å². The van der Waals surface area contributed by atoms with E-state index in [1.165, 1.54) is 14.1 Å². The molecular weight excluding hydrogens is 521 g/mol. The summed E-state index contributed by atoms with van der Waals surface area (Å²) in [6.07, 6.45) is -13.9. The summed E-state index contributed by atoms with van der Waals surface area (Å²) in [7, 11) is 2.73. The first kappa shape index (κ1) is 28.3. The molecule has 0 saturated heterocycles. The van der Waals surface area contributed by atoms with E-state index in [2.05, 4.69) is 15.3 Å². The number of carbonyl (C=O) groups is 1. The second-order valence-corrected chi connectivity index (χ2v) is 8.86. The Morgan fingerprint density at radius 3 is 1.95 bits per heavy atom. The number of nitrogens with one attached hydrogen (secondary N) is 1. The number of hydrogen-bond acceptors (Lipinski definition) is 5. The van der Waals surface area contributed by atoms with Crippen molar-refractivity contribution in [3.63, 3.8) is 0 Å². The highest BCUT2D eigenvalue weighted by Crippen LogP contribution is 2.45.